The van der Waals surface area contributed by atoms with Crippen molar-refractivity contribution in [1.29, 1.82) is 0 Å². The van der Waals surface area contributed by atoms with E-state index in [1.54, 1.807) is 54.3 Å². The summed E-state index contributed by atoms with van der Waals surface area (Å²) >= 11 is 3.38. The molecule has 0 radical (unpaired) electrons. The molecule has 1 heterocycles. The van der Waals surface area contributed by atoms with Crippen molar-refractivity contribution in [1.82, 2.24) is 9.78 Å². The van der Waals surface area contributed by atoms with Crippen molar-refractivity contribution in [2.24, 2.45) is 0 Å². The molecule has 0 aliphatic heterocycles. The number of nitrogens with one attached hydrogen (secondary N) is 2. The third-order valence-electron chi connectivity index (χ3n) is 3.99. The number of hydrogen-bond acceptors (Lipinski definition) is 3. The number of hydrogen-bond donors (Lipinski definition) is 2. The minimum atomic E-state index is -0.435. The molecule has 3 rings (SSSR count). The van der Waals surface area contributed by atoms with Crippen LogP contribution in [0.25, 0.3) is 0 Å². The summed E-state index contributed by atoms with van der Waals surface area (Å²) in [5.74, 6) is -0.303. The van der Waals surface area contributed by atoms with E-state index in [1.165, 1.54) is 0 Å². The first-order valence-corrected chi connectivity index (χ1v) is 9.25. The second kappa shape index (κ2) is 8.64. The topological polar surface area (TPSA) is 76.0 Å². The molecule has 6 nitrogen and oxygen atoms in total. The molecular weight excluding hydrogens is 408 g/mol. The van der Waals surface area contributed by atoms with Crippen molar-refractivity contribution in [2.45, 2.75) is 19.4 Å². The molecule has 7 heteroatoms. The number of carbonyl (C=O) groups excluding carboxylic acids is 2. The van der Waals surface area contributed by atoms with Gasteiger partial charge in [0, 0.05) is 28.2 Å². The van der Waals surface area contributed by atoms with Crippen molar-refractivity contribution in [3.05, 3.63) is 77.0 Å². The Morgan fingerprint density at radius 1 is 1.07 bits per heavy atom. The monoisotopic (exact) mass is 426 g/mol. The van der Waals surface area contributed by atoms with Crippen molar-refractivity contribution in [3.8, 4) is 0 Å². The van der Waals surface area contributed by atoms with E-state index in [4.69, 9.17) is 0 Å². The van der Waals surface area contributed by atoms with Gasteiger partial charge in [0.05, 0.1) is 6.42 Å². The molecule has 1 atom stereocenters. The van der Waals surface area contributed by atoms with Gasteiger partial charge in [0.25, 0.3) is 0 Å². The van der Waals surface area contributed by atoms with Gasteiger partial charge in [-0.3, -0.25) is 14.3 Å². The first-order valence-electron chi connectivity index (χ1n) is 8.45. The highest BCUT2D eigenvalue weighted by Crippen LogP contribution is 2.18. The molecule has 0 aliphatic carbocycles. The molecule has 0 bridgehead atoms. The molecule has 0 spiro atoms. The van der Waals surface area contributed by atoms with Crippen LogP contribution in [-0.2, 0) is 16.0 Å². The normalized spacial score (nSPS) is 11.6. The van der Waals surface area contributed by atoms with Crippen molar-refractivity contribution < 1.29 is 9.59 Å². The van der Waals surface area contributed by atoms with Gasteiger partial charge in [-0.1, -0.05) is 34.1 Å². The summed E-state index contributed by atoms with van der Waals surface area (Å²) in [6.07, 6.45) is 3.65. The number of carbonyl (C=O) groups is 2. The Bertz CT molecular complexity index is 923. The molecule has 2 amide bonds. The SMILES string of the molecule is C[C@H](C(=O)Nc1cccc(NC(=O)Cc2ccc(Br)cc2)c1)n1cccn1. The summed E-state index contributed by atoms with van der Waals surface area (Å²) in [5, 5.41) is 9.78. The van der Waals surface area contributed by atoms with Crippen LogP contribution >= 0.6 is 15.9 Å². The minimum Gasteiger partial charge on any atom is -0.326 e. The lowest BCUT2D eigenvalue weighted by molar-refractivity contribution is -0.119. The molecule has 3 aromatic rings. The third kappa shape index (κ3) is 5.27. The zero-order valence-corrected chi connectivity index (χ0v) is 16.3. The van der Waals surface area contributed by atoms with Crippen LogP contribution in [-0.4, -0.2) is 21.6 Å². The van der Waals surface area contributed by atoms with Crippen LogP contribution in [0.3, 0.4) is 0 Å². The third-order valence-corrected chi connectivity index (χ3v) is 4.52. The smallest absolute Gasteiger partial charge is 0.248 e. The number of rotatable bonds is 6. The largest absolute Gasteiger partial charge is 0.326 e. The first-order chi connectivity index (χ1) is 13.0. The van der Waals surface area contributed by atoms with E-state index in [-0.39, 0.29) is 18.2 Å². The lowest BCUT2D eigenvalue weighted by Crippen LogP contribution is -2.24. The molecule has 0 saturated carbocycles. The maximum absolute atomic E-state index is 12.3. The Hall–Kier alpha value is -2.93. The molecule has 1 aromatic heterocycles. The highest BCUT2D eigenvalue weighted by atomic mass is 79.9. The maximum atomic E-state index is 12.3. The van der Waals surface area contributed by atoms with Crippen molar-refractivity contribution in [3.63, 3.8) is 0 Å². The van der Waals surface area contributed by atoms with Gasteiger partial charge in [-0.05, 0) is 48.9 Å². The average Bonchev–Trinajstić information content (AvgIpc) is 3.18. The van der Waals surface area contributed by atoms with Crippen LogP contribution in [0.1, 0.15) is 18.5 Å². The van der Waals surface area contributed by atoms with Crippen LogP contribution in [0.5, 0.6) is 0 Å². The predicted octanol–water partition coefficient (Wildman–Crippen LogP) is 4.03. The van der Waals surface area contributed by atoms with E-state index in [0.29, 0.717) is 11.4 Å². The van der Waals surface area contributed by atoms with Crippen molar-refractivity contribution in [2.75, 3.05) is 10.6 Å². The highest BCUT2D eigenvalue weighted by molar-refractivity contribution is 9.10. The van der Waals surface area contributed by atoms with E-state index >= 15 is 0 Å². The summed E-state index contributed by atoms with van der Waals surface area (Å²) in [6, 6.07) is 16.0. The van der Waals surface area contributed by atoms with Gasteiger partial charge in [0.15, 0.2) is 0 Å². The van der Waals surface area contributed by atoms with Gasteiger partial charge < -0.3 is 10.6 Å². The van der Waals surface area contributed by atoms with E-state index in [0.717, 1.165) is 10.0 Å². The highest BCUT2D eigenvalue weighted by Gasteiger charge is 2.15. The standard InChI is InChI=1S/C20H19BrN4O2/c1-14(25-11-3-10-22-25)20(27)24-18-5-2-4-17(13-18)23-19(26)12-15-6-8-16(21)9-7-15/h2-11,13-14H,12H2,1H3,(H,23,26)(H,24,27)/t14-/m1/s1. The molecule has 27 heavy (non-hydrogen) atoms. The van der Waals surface area contributed by atoms with Crippen LogP contribution in [0.4, 0.5) is 11.4 Å². The fraction of sp³-hybridized carbons (Fsp3) is 0.150. The Balaban J connectivity index is 1.60. The van der Waals surface area contributed by atoms with Crippen molar-refractivity contribution >= 4 is 39.1 Å². The van der Waals surface area contributed by atoms with Crippen LogP contribution in [0, 0.1) is 0 Å². The fourth-order valence-electron chi connectivity index (χ4n) is 2.54. The zero-order chi connectivity index (χ0) is 19.2. The Morgan fingerprint density at radius 2 is 1.78 bits per heavy atom. The quantitative estimate of drug-likeness (QED) is 0.624. The first kappa shape index (κ1) is 18.8. The van der Waals surface area contributed by atoms with Gasteiger partial charge >= 0.3 is 0 Å². The Morgan fingerprint density at radius 3 is 2.44 bits per heavy atom. The number of aromatic nitrogens is 2. The van der Waals surface area contributed by atoms with Gasteiger partial charge in [0.2, 0.25) is 11.8 Å². The van der Waals surface area contributed by atoms with Gasteiger partial charge in [-0.2, -0.15) is 5.10 Å². The van der Waals surface area contributed by atoms with E-state index in [1.807, 2.05) is 24.3 Å². The van der Waals surface area contributed by atoms with Crippen LogP contribution in [0.2, 0.25) is 0 Å². The average molecular weight is 427 g/mol. The molecule has 0 aliphatic rings. The zero-order valence-electron chi connectivity index (χ0n) is 14.7. The fourth-order valence-corrected chi connectivity index (χ4v) is 2.81. The molecular formula is C20H19BrN4O2. The summed E-state index contributed by atoms with van der Waals surface area (Å²) in [4.78, 5) is 24.6. The van der Waals surface area contributed by atoms with Crippen LogP contribution < -0.4 is 10.6 Å². The predicted molar refractivity (Wildman–Crippen MR) is 108 cm³/mol. The Labute approximate surface area is 165 Å². The molecule has 2 N–H and O–H groups in total. The Kier molecular flexibility index (Phi) is 6.03. The lowest BCUT2D eigenvalue weighted by atomic mass is 10.1. The molecule has 2 aromatic carbocycles. The molecule has 138 valence electrons. The second-order valence-electron chi connectivity index (χ2n) is 6.08. The molecule has 0 fully saturated rings. The summed E-state index contributed by atoms with van der Waals surface area (Å²) in [5.41, 5.74) is 2.16. The van der Waals surface area contributed by atoms with E-state index < -0.39 is 6.04 Å². The number of amides is 2. The number of halogens is 1. The second-order valence-corrected chi connectivity index (χ2v) is 7.00. The maximum Gasteiger partial charge on any atom is 0.248 e. The summed E-state index contributed by atoms with van der Waals surface area (Å²) in [7, 11) is 0. The minimum absolute atomic E-state index is 0.120. The number of anilines is 2. The van der Waals surface area contributed by atoms with Gasteiger partial charge in [-0.15, -0.1) is 0 Å². The summed E-state index contributed by atoms with van der Waals surface area (Å²) in [6.45, 7) is 1.77. The summed E-state index contributed by atoms with van der Waals surface area (Å²) < 4.78 is 2.55. The molecule has 0 unspecified atom stereocenters. The van der Waals surface area contributed by atoms with Gasteiger partial charge in [-0.25, -0.2) is 0 Å². The lowest BCUT2D eigenvalue weighted by Gasteiger charge is -2.13. The molecule has 0 saturated heterocycles. The van der Waals surface area contributed by atoms with Crippen LogP contribution in [0.15, 0.2) is 71.5 Å². The number of nitrogens with zero attached hydrogens (tertiary/aromatic N) is 2. The van der Waals surface area contributed by atoms with Gasteiger partial charge in [0.1, 0.15) is 6.04 Å². The number of benzene rings is 2. The van der Waals surface area contributed by atoms with E-state index in [9.17, 15) is 9.59 Å². The van der Waals surface area contributed by atoms with E-state index in [2.05, 4.69) is 31.7 Å².